The summed E-state index contributed by atoms with van der Waals surface area (Å²) in [5, 5.41) is 3.11. The maximum absolute atomic E-state index is 13.1. The number of halogens is 3. The number of hydrogen-bond donors (Lipinski definition) is 1. The summed E-state index contributed by atoms with van der Waals surface area (Å²) in [6.45, 7) is 0. The average molecular weight is 379 g/mol. The summed E-state index contributed by atoms with van der Waals surface area (Å²) in [5.74, 6) is -0.602. The molecule has 0 bridgehead atoms. The number of rotatable bonds is 4. The highest BCUT2D eigenvalue weighted by Crippen LogP contribution is 2.31. The van der Waals surface area contributed by atoms with Gasteiger partial charge in [-0.1, -0.05) is 23.2 Å². The first-order valence-electron chi connectivity index (χ1n) is 7.27. The third kappa shape index (κ3) is 3.62. The minimum atomic E-state index is -0.486. The molecule has 4 nitrogen and oxygen atoms in total. The number of ether oxygens (including phenoxy) is 1. The van der Waals surface area contributed by atoms with Crippen LogP contribution in [0.4, 0.5) is 10.1 Å². The zero-order chi connectivity index (χ0) is 18.0. The molecular weight excluding hydrogens is 366 g/mol. The molecule has 7 heteroatoms. The van der Waals surface area contributed by atoms with Crippen molar-refractivity contribution in [3.8, 4) is 11.4 Å². The van der Waals surface area contributed by atoms with E-state index >= 15 is 0 Å². The predicted octanol–water partition coefficient (Wildman–Crippen LogP) is 5.18. The molecule has 0 aliphatic rings. The van der Waals surface area contributed by atoms with Crippen LogP contribution in [0.25, 0.3) is 5.69 Å². The van der Waals surface area contributed by atoms with Crippen LogP contribution in [-0.2, 0) is 0 Å². The molecule has 1 N–H and O–H groups in total. The molecule has 25 heavy (non-hydrogen) atoms. The molecule has 2 aromatic carbocycles. The summed E-state index contributed by atoms with van der Waals surface area (Å²) in [4.78, 5) is 12.6. The quantitative estimate of drug-likeness (QED) is 0.679. The molecule has 0 saturated carbocycles. The van der Waals surface area contributed by atoms with E-state index in [2.05, 4.69) is 5.32 Å². The lowest BCUT2D eigenvalue weighted by atomic mass is 10.1. The standard InChI is InChI=1S/C18H13Cl2FN2O2/c1-25-17-10-16(23-6-2-3-7-23)14(20)9-12(17)18(24)22-15-5-4-11(21)8-13(15)19/h2-10H,1H3,(H,22,24). The fourth-order valence-electron chi connectivity index (χ4n) is 2.36. The van der Waals surface area contributed by atoms with Gasteiger partial charge in [0.2, 0.25) is 0 Å². The summed E-state index contributed by atoms with van der Waals surface area (Å²) in [6, 6.07) is 10.6. The topological polar surface area (TPSA) is 43.3 Å². The molecule has 0 radical (unpaired) electrons. The number of carbonyl (C=O) groups excluding carboxylic acids is 1. The van der Waals surface area contributed by atoms with Crippen LogP contribution >= 0.6 is 23.2 Å². The van der Waals surface area contributed by atoms with Crippen molar-refractivity contribution >= 4 is 34.8 Å². The van der Waals surface area contributed by atoms with E-state index in [1.54, 1.807) is 6.07 Å². The molecule has 0 aliphatic heterocycles. The van der Waals surface area contributed by atoms with Crippen molar-refractivity contribution in [2.24, 2.45) is 0 Å². The Bertz CT molecular complexity index is 927. The van der Waals surface area contributed by atoms with Gasteiger partial charge in [-0.05, 0) is 36.4 Å². The van der Waals surface area contributed by atoms with Crippen molar-refractivity contribution in [3.05, 3.63) is 76.3 Å². The van der Waals surface area contributed by atoms with Crippen LogP contribution < -0.4 is 10.1 Å². The van der Waals surface area contributed by atoms with Gasteiger partial charge < -0.3 is 14.6 Å². The summed E-state index contributed by atoms with van der Waals surface area (Å²) in [5.41, 5.74) is 1.21. The number of anilines is 1. The van der Waals surface area contributed by atoms with Crippen LogP contribution in [-0.4, -0.2) is 17.6 Å². The highest BCUT2D eigenvalue weighted by atomic mass is 35.5. The van der Waals surface area contributed by atoms with Gasteiger partial charge >= 0.3 is 0 Å². The molecule has 1 aromatic heterocycles. The van der Waals surface area contributed by atoms with E-state index in [1.165, 1.54) is 25.3 Å². The third-order valence-electron chi connectivity index (χ3n) is 3.58. The highest BCUT2D eigenvalue weighted by Gasteiger charge is 2.18. The number of nitrogens with zero attached hydrogens (tertiary/aromatic N) is 1. The molecule has 0 spiro atoms. The zero-order valence-electron chi connectivity index (χ0n) is 13.1. The molecule has 0 aliphatic carbocycles. The van der Waals surface area contributed by atoms with Crippen molar-refractivity contribution in [3.63, 3.8) is 0 Å². The fourth-order valence-corrected chi connectivity index (χ4v) is 2.84. The van der Waals surface area contributed by atoms with E-state index in [4.69, 9.17) is 27.9 Å². The van der Waals surface area contributed by atoms with E-state index in [-0.39, 0.29) is 10.6 Å². The van der Waals surface area contributed by atoms with E-state index in [1.807, 2.05) is 29.1 Å². The first-order valence-corrected chi connectivity index (χ1v) is 8.02. The van der Waals surface area contributed by atoms with Crippen LogP contribution in [0.15, 0.2) is 54.9 Å². The van der Waals surface area contributed by atoms with Gasteiger partial charge in [0, 0.05) is 18.5 Å². The Hall–Kier alpha value is -2.50. The van der Waals surface area contributed by atoms with E-state index < -0.39 is 11.7 Å². The first-order chi connectivity index (χ1) is 12.0. The monoisotopic (exact) mass is 378 g/mol. The average Bonchev–Trinajstić information content (AvgIpc) is 3.11. The highest BCUT2D eigenvalue weighted by molar-refractivity contribution is 6.34. The first kappa shape index (κ1) is 17.3. The third-order valence-corrected chi connectivity index (χ3v) is 4.19. The molecule has 0 saturated heterocycles. The maximum Gasteiger partial charge on any atom is 0.259 e. The SMILES string of the molecule is COc1cc(-n2cccc2)c(Cl)cc1C(=O)Nc1ccc(F)cc1Cl. The number of hydrogen-bond acceptors (Lipinski definition) is 2. The van der Waals surface area contributed by atoms with Crippen molar-refractivity contribution in [1.29, 1.82) is 0 Å². The number of benzene rings is 2. The van der Waals surface area contributed by atoms with Crippen LogP contribution in [0.1, 0.15) is 10.4 Å². The van der Waals surface area contributed by atoms with Crippen molar-refractivity contribution in [1.82, 2.24) is 4.57 Å². The largest absolute Gasteiger partial charge is 0.496 e. The Morgan fingerprint density at radius 2 is 1.84 bits per heavy atom. The lowest BCUT2D eigenvalue weighted by molar-refractivity contribution is 0.102. The van der Waals surface area contributed by atoms with Crippen molar-refractivity contribution < 1.29 is 13.9 Å². The molecule has 0 fully saturated rings. The van der Waals surface area contributed by atoms with Gasteiger partial charge in [-0.25, -0.2) is 4.39 Å². The normalized spacial score (nSPS) is 10.6. The minimum Gasteiger partial charge on any atom is -0.496 e. The molecule has 128 valence electrons. The zero-order valence-corrected chi connectivity index (χ0v) is 14.6. The summed E-state index contributed by atoms with van der Waals surface area (Å²) in [6.07, 6.45) is 3.66. The van der Waals surface area contributed by atoms with Crippen LogP contribution in [0.2, 0.25) is 10.0 Å². The lowest BCUT2D eigenvalue weighted by Crippen LogP contribution is -2.14. The van der Waals surface area contributed by atoms with Crippen molar-refractivity contribution in [2.45, 2.75) is 0 Å². The van der Waals surface area contributed by atoms with Crippen LogP contribution in [0, 0.1) is 5.82 Å². The summed E-state index contributed by atoms with van der Waals surface area (Å²) < 4.78 is 20.3. The van der Waals surface area contributed by atoms with Crippen LogP contribution in [0.3, 0.4) is 0 Å². The molecule has 1 heterocycles. The molecule has 3 rings (SSSR count). The molecular formula is C18H13Cl2FN2O2. The van der Waals surface area contributed by atoms with E-state index in [0.717, 1.165) is 6.07 Å². The second-order valence-corrected chi connectivity index (χ2v) is 5.99. The fraction of sp³-hybridized carbons (Fsp3) is 0.0556. The Balaban J connectivity index is 1.96. The predicted molar refractivity (Wildman–Crippen MR) is 96.7 cm³/mol. The smallest absolute Gasteiger partial charge is 0.259 e. The summed E-state index contributed by atoms with van der Waals surface area (Å²) in [7, 11) is 1.46. The van der Waals surface area contributed by atoms with Gasteiger partial charge in [0.1, 0.15) is 11.6 Å². The van der Waals surface area contributed by atoms with Gasteiger partial charge in [0.25, 0.3) is 5.91 Å². The Kier molecular flexibility index (Phi) is 4.97. The van der Waals surface area contributed by atoms with Crippen LogP contribution in [0.5, 0.6) is 5.75 Å². The number of aromatic nitrogens is 1. The molecule has 1 amide bonds. The van der Waals surface area contributed by atoms with Gasteiger partial charge in [0.15, 0.2) is 0 Å². The van der Waals surface area contributed by atoms with E-state index in [0.29, 0.717) is 22.1 Å². The molecule has 0 atom stereocenters. The number of carbonyl (C=O) groups is 1. The lowest BCUT2D eigenvalue weighted by Gasteiger charge is -2.14. The molecule has 0 unspecified atom stereocenters. The number of methoxy groups -OCH3 is 1. The van der Waals surface area contributed by atoms with Gasteiger partial charge in [-0.2, -0.15) is 0 Å². The van der Waals surface area contributed by atoms with Gasteiger partial charge in [0.05, 0.1) is 34.1 Å². The van der Waals surface area contributed by atoms with E-state index in [9.17, 15) is 9.18 Å². The Morgan fingerprint density at radius 3 is 2.48 bits per heavy atom. The Morgan fingerprint density at radius 1 is 1.12 bits per heavy atom. The maximum atomic E-state index is 13.1. The van der Waals surface area contributed by atoms with Crippen molar-refractivity contribution in [2.75, 3.05) is 12.4 Å². The summed E-state index contributed by atoms with van der Waals surface area (Å²) >= 11 is 12.3. The van der Waals surface area contributed by atoms with Gasteiger partial charge in [-0.15, -0.1) is 0 Å². The second kappa shape index (κ2) is 7.17. The van der Waals surface area contributed by atoms with Gasteiger partial charge in [-0.3, -0.25) is 4.79 Å². The number of amides is 1. The molecule has 3 aromatic rings. The second-order valence-electron chi connectivity index (χ2n) is 5.17. The Labute approximate surface area is 153 Å². The number of nitrogens with one attached hydrogen (secondary N) is 1. The minimum absolute atomic E-state index is 0.0994.